The van der Waals surface area contributed by atoms with Crippen LogP contribution in [0.15, 0.2) is 115 Å². The van der Waals surface area contributed by atoms with Crippen molar-refractivity contribution in [1.82, 2.24) is 0 Å². The van der Waals surface area contributed by atoms with Gasteiger partial charge < -0.3 is 10.6 Å². The largest absolute Gasteiger partial charge is 0.398 e. The van der Waals surface area contributed by atoms with Crippen molar-refractivity contribution >= 4 is 50.2 Å². The third-order valence-corrected chi connectivity index (χ3v) is 9.17. The van der Waals surface area contributed by atoms with Crippen molar-refractivity contribution in [2.24, 2.45) is 0 Å². The van der Waals surface area contributed by atoms with Crippen LogP contribution in [0.1, 0.15) is 38.8 Å². The maximum Gasteiger partial charge on any atom is 0.0547 e. The fraction of sp³-hybridized carbons (Fsp3) is 0.128. The van der Waals surface area contributed by atoms with Gasteiger partial charge in [0, 0.05) is 27.2 Å². The van der Waals surface area contributed by atoms with E-state index in [2.05, 4.69) is 134 Å². The van der Waals surface area contributed by atoms with Gasteiger partial charge in [0.2, 0.25) is 0 Å². The summed E-state index contributed by atoms with van der Waals surface area (Å²) in [5.41, 5.74) is 20.3. The van der Waals surface area contributed by atoms with Crippen molar-refractivity contribution in [2.75, 3.05) is 10.6 Å². The second kappa shape index (κ2) is 10.0. The Balaban J connectivity index is 1.52. The molecule has 42 heavy (non-hydrogen) atoms. The Morgan fingerprint density at radius 1 is 0.690 bits per heavy atom. The highest BCUT2D eigenvalue weighted by Crippen LogP contribution is 2.53. The molecule has 0 bridgehead atoms. The summed E-state index contributed by atoms with van der Waals surface area (Å²) >= 11 is 1.80. The third-order valence-electron chi connectivity index (χ3n) is 8.29. The molecule has 5 aromatic carbocycles. The molecule has 0 amide bonds. The molecular formula is C39H34N2S. The van der Waals surface area contributed by atoms with Gasteiger partial charge in [-0.15, -0.1) is 11.3 Å². The Labute approximate surface area is 252 Å². The van der Waals surface area contributed by atoms with Gasteiger partial charge in [-0.1, -0.05) is 81.5 Å². The number of nitrogens with two attached hydrogens (primary N) is 1. The Bertz CT molecular complexity index is 2000. The van der Waals surface area contributed by atoms with E-state index in [0.717, 1.165) is 28.1 Å². The molecule has 7 rings (SSSR count). The van der Waals surface area contributed by atoms with Gasteiger partial charge in [-0.25, -0.2) is 0 Å². The zero-order valence-electron chi connectivity index (χ0n) is 24.5. The number of hydrogen-bond acceptors (Lipinski definition) is 3. The van der Waals surface area contributed by atoms with Crippen LogP contribution >= 0.6 is 11.3 Å². The lowest BCUT2D eigenvalue weighted by Gasteiger charge is -2.29. The van der Waals surface area contributed by atoms with Crippen LogP contribution in [0, 0.1) is 0 Å². The van der Waals surface area contributed by atoms with Crippen LogP contribution in [-0.4, -0.2) is 0 Å². The highest BCUT2D eigenvalue weighted by atomic mass is 32.1. The molecule has 0 spiro atoms. The minimum Gasteiger partial charge on any atom is -0.398 e. The van der Waals surface area contributed by atoms with Crippen LogP contribution < -0.4 is 10.6 Å². The molecule has 0 aliphatic carbocycles. The Morgan fingerprint density at radius 3 is 2.21 bits per heavy atom. The fourth-order valence-electron chi connectivity index (χ4n) is 6.08. The van der Waals surface area contributed by atoms with Crippen molar-refractivity contribution in [2.45, 2.75) is 33.1 Å². The zero-order valence-corrected chi connectivity index (χ0v) is 25.3. The lowest BCUT2D eigenvalue weighted by molar-refractivity contribution is 0.590. The van der Waals surface area contributed by atoms with Crippen molar-refractivity contribution in [3.05, 3.63) is 126 Å². The molecule has 2 N–H and O–H groups in total. The van der Waals surface area contributed by atoms with Gasteiger partial charge in [0.1, 0.15) is 0 Å². The maximum atomic E-state index is 6.29. The maximum absolute atomic E-state index is 6.29. The van der Waals surface area contributed by atoms with E-state index in [0.29, 0.717) is 0 Å². The average Bonchev–Trinajstić information content (AvgIpc) is 3.41. The number of fused-ring (bicyclic) bond motifs is 6. The predicted octanol–water partition coefficient (Wildman–Crippen LogP) is 11.6. The van der Waals surface area contributed by atoms with Gasteiger partial charge >= 0.3 is 0 Å². The molecule has 1 aliphatic rings. The van der Waals surface area contributed by atoms with Gasteiger partial charge in [0.25, 0.3) is 0 Å². The number of allylic oxidation sites excluding steroid dienone is 1. The fourth-order valence-corrected chi connectivity index (χ4v) is 6.89. The molecule has 0 saturated heterocycles. The number of benzene rings is 5. The second-order valence-corrected chi connectivity index (χ2v) is 13.0. The number of nitrogens with zero attached hydrogens (tertiary/aromatic N) is 1. The second-order valence-electron chi connectivity index (χ2n) is 12.1. The molecule has 2 heterocycles. The summed E-state index contributed by atoms with van der Waals surface area (Å²) in [5, 5.41) is 3.45. The van der Waals surface area contributed by atoms with E-state index in [4.69, 9.17) is 5.73 Å². The minimum atomic E-state index is 0.0380. The van der Waals surface area contributed by atoms with Crippen LogP contribution in [0.25, 0.3) is 49.5 Å². The number of thiophene rings is 1. The third kappa shape index (κ3) is 4.42. The molecule has 206 valence electrons. The van der Waals surface area contributed by atoms with E-state index >= 15 is 0 Å². The molecule has 1 aliphatic heterocycles. The highest BCUT2D eigenvalue weighted by molar-refractivity contribution is 7.17. The van der Waals surface area contributed by atoms with Gasteiger partial charge in [-0.05, 0) is 111 Å². The molecular weight excluding hydrogens is 529 g/mol. The summed E-state index contributed by atoms with van der Waals surface area (Å²) in [6.45, 7) is 8.89. The van der Waals surface area contributed by atoms with Gasteiger partial charge in [0.05, 0.1) is 11.4 Å². The normalized spacial score (nSPS) is 12.7. The lowest BCUT2D eigenvalue weighted by atomic mass is 9.84. The molecule has 0 saturated carbocycles. The summed E-state index contributed by atoms with van der Waals surface area (Å²) in [4.78, 5) is 2.46. The number of rotatable bonds is 3. The van der Waals surface area contributed by atoms with E-state index in [1.165, 1.54) is 49.3 Å². The molecule has 0 atom stereocenters. The lowest BCUT2D eigenvalue weighted by Crippen LogP contribution is -2.14. The van der Waals surface area contributed by atoms with E-state index in [1.807, 2.05) is 19.1 Å². The number of anilines is 4. The number of hydrogen-bond donors (Lipinski definition) is 1. The van der Waals surface area contributed by atoms with Crippen molar-refractivity contribution in [3.8, 4) is 33.4 Å². The smallest absolute Gasteiger partial charge is 0.0547 e. The van der Waals surface area contributed by atoms with E-state index < -0.39 is 0 Å². The van der Waals surface area contributed by atoms with Gasteiger partial charge in [-0.3, -0.25) is 0 Å². The van der Waals surface area contributed by atoms with Crippen LogP contribution in [0.3, 0.4) is 0 Å². The molecule has 0 unspecified atom stereocenters. The van der Waals surface area contributed by atoms with E-state index in [9.17, 15) is 0 Å². The first-order chi connectivity index (χ1) is 20.3. The van der Waals surface area contributed by atoms with Crippen LogP contribution in [-0.2, 0) is 5.41 Å². The Hall–Kier alpha value is -4.60. The first-order valence-corrected chi connectivity index (χ1v) is 15.4. The van der Waals surface area contributed by atoms with Gasteiger partial charge in [0.15, 0.2) is 0 Å². The van der Waals surface area contributed by atoms with Crippen molar-refractivity contribution in [1.29, 1.82) is 0 Å². The van der Waals surface area contributed by atoms with Crippen LogP contribution in [0.5, 0.6) is 0 Å². The van der Waals surface area contributed by atoms with Gasteiger partial charge in [-0.2, -0.15) is 0 Å². The van der Waals surface area contributed by atoms with E-state index in [1.54, 1.807) is 11.3 Å². The molecule has 1 aromatic heterocycles. The summed E-state index contributed by atoms with van der Waals surface area (Å²) in [6, 6.07) is 38.1. The average molecular weight is 563 g/mol. The Morgan fingerprint density at radius 2 is 1.45 bits per heavy atom. The summed E-state index contributed by atoms with van der Waals surface area (Å²) in [7, 11) is 0. The first-order valence-electron chi connectivity index (χ1n) is 14.5. The monoisotopic (exact) mass is 562 g/mol. The minimum absolute atomic E-state index is 0.0380. The standard InChI is InChI=1S/C39H34N2S/c1-5-9-27-20-26(14-16-35(27)40)25-10-8-11-30(21-25)41-36-17-15-29(39(2,3)4)23-33(36)31-12-6-7-13-32(31)34-24-38-28(18-19-42-38)22-37(34)41/h5-24H,40H2,1-4H3/b9-5-. The van der Waals surface area contributed by atoms with E-state index in [-0.39, 0.29) is 5.41 Å². The first kappa shape index (κ1) is 26.3. The molecule has 3 heteroatoms. The molecule has 2 nitrogen and oxygen atoms in total. The van der Waals surface area contributed by atoms with Crippen molar-refractivity contribution in [3.63, 3.8) is 0 Å². The summed E-state index contributed by atoms with van der Waals surface area (Å²) in [5.74, 6) is 0. The zero-order chi connectivity index (χ0) is 29.0. The van der Waals surface area contributed by atoms with Crippen LogP contribution in [0.4, 0.5) is 22.7 Å². The van der Waals surface area contributed by atoms with Crippen molar-refractivity contribution < 1.29 is 0 Å². The molecule has 6 aromatic rings. The SMILES string of the molecule is C/C=C\c1cc(-c2cccc(N3c4ccc(C(C)(C)C)cc4-c4ccccc4-c4cc5sccc5cc43)c2)ccc1N. The summed E-state index contributed by atoms with van der Waals surface area (Å²) < 4.78 is 1.30. The predicted molar refractivity (Wildman–Crippen MR) is 184 cm³/mol. The molecule has 0 radical (unpaired) electrons. The quantitative estimate of drug-likeness (QED) is 0.217. The topological polar surface area (TPSA) is 29.3 Å². The van der Waals surface area contributed by atoms with Crippen LogP contribution in [0.2, 0.25) is 0 Å². The number of nitrogen functional groups attached to an aromatic ring is 1. The molecule has 0 fully saturated rings. The summed E-state index contributed by atoms with van der Waals surface area (Å²) in [6.07, 6.45) is 4.10. The Kier molecular flexibility index (Phi) is 6.29. The highest BCUT2D eigenvalue weighted by Gasteiger charge is 2.28.